The monoisotopic (exact) mass is 501 g/mol. The van der Waals surface area contributed by atoms with E-state index in [1.165, 1.54) is 12.5 Å². The number of H-pyrrole nitrogens is 1. The van der Waals surface area contributed by atoms with Crippen molar-refractivity contribution in [2.24, 2.45) is 0 Å². The van der Waals surface area contributed by atoms with E-state index in [0.29, 0.717) is 43.3 Å². The molecule has 2 fully saturated rings. The number of fused-ring (bicyclic) bond motifs is 1. The van der Waals surface area contributed by atoms with E-state index >= 15 is 0 Å². The van der Waals surface area contributed by atoms with Crippen LogP contribution in [-0.2, 0) is 0 Å². The lowest BCUT2D eigenvalue weighted by Gasteiger charge is -2.40. The first-order valence-corrected chi connectivity index (χ1v) is 13.2. The van der Waals surface area contributed by atoms with Gasteiger partial charge in [0.25, 0.3) is 5.56 Å². The predicted octanol–water partition coefficient (Wildman–Crippen LogP) is 4.38. The minimum atomic E-state index is -0.395. The molecule has 0 bridgehead atoms. The lowest BCUT2D eigenvalue weighted by molar-refractivity contribution is 0.192. The first-order chi connectivity index (χ1) is 18.1. The first-order valence-electron chi connectivity index (χ1n) is 13.2. The second-order valence-electron chi connectivity index (χ2n) is 10.3. The van der Waals surface area contributed by atoms with E-state index in [-0.39, 0.29) is 17.4 Å². The van der Waals surface area contributed by atoms with Crippen molar-refractivity contribution in [3.05, 3.63) is 81.7 Å². The highest BCUT2D eigenvalue weighted by molar-refractivity contribution is 5.79. The standard InChI is InChI=1S/C28H32FN7O/c1-19-11-12-24-20(17-19)18-22(28(37)30-24)26(27-31-32-33-36(27)21-7-3-2-4-8-21)35-15-13-34(14-16-35)25-10-6-5-9-23(25)29/h5-6,9-12,17-18,21,26H,2-4,7-8,13-16H2,1H3,(H,30,37)/t26-/m0/s1. The molecule has 1 saturated heterocycles. The maximum Gasteiger partial charge on any atom is 0.253 e. The summed E-state index contributed by atoms with van der Waals surface area (Å²) in [6.45, 7) is 4.65. The molecule has 0 unspecified atom stereocenters. The molecule has 1 aliphatic heterocycles. The molecule has 9 heteroatoms. The Hall–Kier alpha value is -3.59. The number of anilines is 1. The summed E-state index contributed by atoms with van der Waals surface area (Å²) in [7, 11) is 0. The number of nitrogens with zero attached hydrogens (tertiary/aromatic N) is 6. The van der Waals surface area contributed by atoms with Gasteiger partial charge < -0.3 is 9.88 Å². The fraction of sp³-hybridized carbons (Fsp3) is 0.429. The van der Waals surface area contributed by atoms with E-state index in [1.54, 1.807) is 6.07 Å². The normalized spacial score (nSPS) is 18.4. The molecule has 1 saturated carbocycles. The average Bonchev–Trinajstić information content (AvgIpc) is 3.40. The van der Waals surface area contributed by atoms with Crippen molar-refractivity contribution in [3.63, 3.8) is 0 Å². The smallest absolute Gasteiger partial charge is 0.253 e. The van der Waals surface area contributed by atoms with Gasteiger partial charge in [0.05, 0.1) is 11.7 Å². The number of aryl methyl sites for hydroxylation is 1. The van der Waals surface area contributed by atoms with Gasteiger partial charge in [0.2, 0.25) is 0 Å². The van der Waals surface area contributed by atoms with Crippen LogP contribution >= 0.6 is 0 Å². The fourth-order valence-electron chi connectivity index (χ4n) is 5.94. The number of piperazine rings is 1. The Balaban J connectivity index is 1.39. The Labute approximate surface area is 215 Å². The third-order valence-corrected chi connectivity index (χ3v) is 7.88. The van der Waals surface area contributed by atoms with Crippen molar-refractivity contribution < 1.29 is 4.39 Å². The molecule has 192 valence electrons. The summed E-state index contributed by atoms with van der Waals surface area (Å²) in [5.74, 6) is 0.499. The van der Waals surface area contributed by atoms with Gasteiger partial charge in [0.1, 0.15) is 11.9 Å². The number of rotatable bonds is 5. The Kier molecular flexibility index (Phi) is 6.46. The lowest BCUT2D eigenvalue weighted by atomic mass is 9.95. The van der Waals surface area contributed by atoms with Crippen LogP contribution in [0.3, 0.4) is 0 Å². The molecule has 6 rings (SSSR count). The largest absolute Gasteiger partial charge is 0.367 e. The number of halogens is 1. The van der Waals surface area contributed by atoms with Crippen molar-refractivity contribution in [1.82, 2.24) is 30.1 Å². The molecule has 2 aromatic carbocycles. The van der Waals surface area contributed by atoms with Gasteiger partial charge >= 0.3 is 0 Å². The zero-order valence-electron chi connectivity index (χ0n) is 21.1. The molecule has 3 heterocycles. The van der Waals surface area contributed by atoms with Gasteiger partial charge in [-0.1, -0.05) is 43.0 Å². The molecule has 1 aliphatic carbocycles. The highest BCUT2D eigenvalue weighted by Gasteiger charge is 2.34. The van der Waals surface area contributed by atoms with Gasteiger partial charge in [-0.3, -0.25) is 9.69 Å². The van der Waals surface area contributed by atoms with E-state index in [1.807, 2.05) is 41.9 Å². The van der Waals surface area contributed by atoms with Crippen molar-refractivity contribution in [1.29, 1.82) is 0 Å². The number of pyridine rings is 1. The summed E-state index contributed by atoms with van der Waals surface area (Å²) >= 11 is 0. The third-order valence-electron chi connectivity index (χ3n) is 7.88. The molecule has 1 atom stereocenters. The van der Waals surface area contributed by atoms with Gasteiger partial charge in [-0.15, -0.1) is 5.10 Å². The van der Waals surface area contributed by atoms with Crippen molar-refractivity contribution in [2.45, 2.75) is 51.1 Å². The van der Waals surface area contributed by atoms with Crippen LogP contribution in [0.2, 0.25) is 0 Å². The van der Waals surface area contributed by atoms with Crippen LogP contribution in [0.1, 0.15) is 61.1 Å². The predicted molar refractivity (Wildman–Crippen MR) is 141 cm³/mol. The SMILES string of the molecule is Cc1ccc2[nH]c(=O)c([C@@H](c3nnnn3C3CCCCC3)N3CCN(c4ccccc4F)CC3)cc2c1. The van der Waals surface area contributed by atoms with Crippen LogP contribution in [0.25, 0.3) is 10.9 Å². The summed E-state index contributed by atoms with van der Waals surface area (Å²) in [6.07, 6.45) is 5.63. The van der Waals surface area contributed by atoms with Gasteiger partial charge in [-0.25, -0.2) is 9.07 Å². The number of nitrogens with one attached hydrogen (secondary N) is 1. The molecular weight excluding hydrogens is 469 g/mol. The molecule has 2 aliphatic rings. The van der Waals surface area contributed by atoms with Crippen molar-refractivity contribution in [2.75, 3.05) is 31.1 Å². The quantitative estimate of drug-likeness (QED) is 0.437. The van der Waals surface area contributed by atoms with Crippen LogP contribution in [-0.4, -0.2) is 56.3 Å². The van der Waals surface area contributed by atoms with Gasteiger partial charge in [-0.05, 0) is 65.9 Å². The Morgan fingerprint density at radius 3 is 2.57 bits per heavy atom. The summed E-state index contributed by atoms with van der Waals surface area (Å²) < 4.78 is 16.4. The van der Waals surface area contributed by atoms with Crippen LogP contribution in [0.5, 0.6) is 0 Å². The molecule has 0 spiro atoms. The highest BCUT2D eigenvalue weighted by atomic mass is 19.1. The van der Waals surface area contributed by atoms with Crippen LogP contribution in [0.4, 0.5) is 10.1 Å². The summed E-state index contributed by atoms with van der Waals surface area (Å²) in [4.78, 5) is 20.9. The summed E-state index contributed by atoms with van der Waals surface area (Å²) in [6, 6.07) is 14.8. The molecule has 1 N–H and O–H groups in total. The molecule has 4 aromatic rings. The lowest BCUT2D eigenvalue weighted by Crippen LogP contribution is -2.49. The van der Waals surface area contributed by atoms with Crippen LogP contribution < -0.4 is 10.5 Å². The number of tetrazole rings is 1. The molecule has 8 nitrogen and oxygen atoms in total. The Morgan fingerprint density at radius 1 is 1.00 bits per heavy atom. The van der Waals surface area contributed by atoms with Gasteiger partial charge in [0.15, 0.2) is 5.82 Å². The zero-order chi connectivity index (χ0) is 25.4. The second-order valence-corrected chi connectivity index (χ2v) is 10.3. The van der Waals surface area contributed by atoms with Crippen molar-refractivity contribution >= 4 is 16.6 Å². The number of para-hydroxylation sites is 1. The molecule has 2 aromatic heterocycles. The van der Waals surface area contributed by atoms with E-state index < -0.39 is 6.04 Å². The molecule has 37 heavy (non-hydrogen) atoms. The number of hydrogen-bond acceptors (Lipinski definition) is 6. The van der Waals surface area contributed by atoms with Gasteiger partial charge in [-0.2, -0.15) is 0 Å². The van der Waals surface area contributed by atoms with Gasteiger partial charge in [0, 0.05) is 37.3 Å². The Morgan fingerprint density at radius 2 is 1.78 bits per heavy atom. The fourth-order valence-corrected chi connectivity index (χ4v) is 5.94. The van der Waals surface area contributed by atoms with E-state index in [0.717, 1.165) is 42.1 Å². The highest BCUT2D eigenvalue weighted by Crippen LogP contribution is 2.34. The maximum atomic E-state index is 14.5. The summed E-state index contributed by atoms with van der Waals surface area (Å²) in [5, 5.41) is 14.0. The minimum absolute atomic E-state index is 0.129. The molecular formula is C28H32FN7O. The summed E-state index contributed by atoms with van der Waals surface area (Å²) in [5.41, 5.74) is 3.08. The second kappa shape index (κ2) is 10.0. The average molecular weight is 502 g/mol. The van der Waals surface area contributed by atoms with E-state index in [9.17, 15) is 9.18 Å². The number of hydrogen-bond donors (Lipinski definition) is 1. The van der Waals surface area contributed by atoms with Crippen LogP contribution in [0.15, 0.2) is 53.3 Å². The minimum Gasteiger partial charge on any atom is -0.367 e. The number of aromatic amines is 1. The Bertz CT molecular complexity index is 1450. The van der Waals surface area contributed by atoms with E-state index in [4.69, 9.17) is 0 Å². The number of aromatic nitrogens is 5. The van der Waals surface area contributed by atoms with Crippen LogP contribution in [0, 0.1) is 12.7 Å². The maximum absolute atomic E-state index is 14.5. The first kappa shape index (κ1) is 23.8. The topological polar surface area (TPSA) is 82.9 Å². The van der Waals surface area contributed by atoms with Crippen molar-refractivity contribution in [3.8, 4) is 0 Å². The molecule has 0 radical (unpaired) electrons. The zero-order valence-corrected chi connectivity index (χ0v) is 21.1. The molecule has 0 amide bonds. The third kappa shape index (κ3) is 4.64. The van der Waals surface area contributed by atoms with E-state index in [2.05, 4.69) is 36.4 Å². The number of benzene rings is 2.